The van der Waals surface area contributed by atoms with Crippen molar-refractivity contribution in [1.29, 1.82) is 0 Å². The first-order valence-electron chi connectivity index (χ1n) is 9.57. The van der Waals surface area contributed by atoms with Crippen molar-refractivity contribution in [2.75, 3.05) is 52.4 Å². The number of ether oxygens (including phenoxy) is 1. The molecule has 24 heavy (non-hydrogen) atoms. The molecule has 0 aromatic heterocycles. The third-order valence-corrected chi connectivity index (χ3v) is 5.09. The maximum absolute atomic E-state index is 10.5. The number of aliphatic hydroxyl groups is 2. The van der Waals surface area contributed by atoms with Crippen molar-refractivity contribution in [3.05, 3.63) is 0 Å². The van der Waals surface area contributed by atoms with E-state index in [2.05, 4.69) is 35.5 Å². The largest absolute Gasteiger partial charge is 0.392 e. The smallest absolute Gasteiger partial charge is 0.0793 e. The minimum absolute atomic E-state index is 0.245. The van der Waals surface area contributed by atoms with Gasteiger partial charge in [0, 0.05) is 58.4 Å². The molecule has 0 aromatic carbocycles. The summed E-state index contributed by atoms with van der Waals surface area (Å²) >= 11 is 0. The van der Waals surface area contributed by atoms with Gasteiger partial charge in [-0.25, -0.2) is 0 Å². The molecule has 142 valence electrons. The standard InChI is InChI=1S/C18H37N3O3/c1-5-17-11-19(6-7-21(17)8-14(2)22)12-18(23)13-20-9-15(3)24-16(4)10-20/h14-18,22-23H,5-13H2,1-4H3/t14-,15-,16+,17-,18+/m1/s1. The van der Waals surface area contributed by atoms with Crippen molar-refractivity contribution in [2.24, 2.45) is 0 Å². The van der Waals surface area contributed by atoms with Crippen LogP contribution in [-0.2, 0) is 4.74 Å². The Balaban J connectivity index is 1.76. The number of hydrogen-bond acceptors (Lipinski definition) is 6. The van der Waals surface area contributed by atoms with Crippen LogP contribution in [0.5, 0.6) is 0 Å². The highest BCUT2D eigenvalue weighted by molar-refractivity contribution is 4.84. The Morgan fingerprint density at radius 1 is 0.958 bits per heavy atom. The van der Waals surface area contributed by atoms with Gasteiger partial charge in [-0.2, -0.15) is 0 Å². The van der Waals surface area contributed by atoms with E-state index in [4.69, 9.17) is 4.74 Å². The maximum atomic E-state index is 10.5. The zero-order chi connectivity index (χ0) is 17.7. The summed E-state index contributed by atoms with van der Waals surface area (Å²) in [7, 11) is 0. The Morgan fingerprint density at radius 2 is 1.58 bits per heavy atom. The van der Waals surface area contributed by atoms with Crippen LogP contribution in [0.2, 0.25) is 0 Å². The molecule has 0 bridgehead atoms. The van der Waals surface area contributed by atoms with Crippen molar-refractivity contribution in [3.63, 3.8) is 0 Å². The van der Waals surface area contributed by atoms with Crippen LogP contribution in [0.3, 0.4) is 0 Å². The van der Waals surface area contributed by atoms with Gasteiger partial charge in [-0.1, -0.05) is 6.92 Å². The van der Waals surface area contributed by atoms with Gasteiger partial charge in [0.15, 0.2) is 0 Å². The van der Waals surface area contributed by atoms with Crippen molar-refractivity contribution in [2.45, 2.75) is 64.6 Å². The van der Waals surface area contributed by atoms with E-state index in [0.717, 1.165) is 58.8 Å². The number of hydrogen-bond donors (Lipinski definition) is 2. The lowest BCUT2D eigenvalue weighted by atomic mass is 10.1. The summed E-state index contributed by atoms with van der Waals surface area (Å²) in [6, 6.07) is 0.476. The quantitative estimate of drug-likeness (QED) is 0.690. The van der Waals surface area contributed by atoms with E-state index in [9.17, 15) is 10.2 Å². The van der Waals surface area contributed by atoms with E-state index in [1.165, 1.54) is 0 Å². The Kier molecular flexibility index (Phi) is 7.91. The highest BCUT2D eigenvalue weighted by Gasteiger charge is 2.29. The zero-order valence-electron chi connectivity index (χ0n) is 15.9. The van der Waals surface area contributed by atoms with Crippen LogP contribution in [-0.4, -0.2) is 108 Å². The molecule has 6 heteroatoms. The zero-order valence-corrected chi connectivity index (χ0v) is 15.9. The van der Waals surface area contributed by atoms with Crippen LogP contribution in [0.25, 0.3) is 0 Å². The van der Waals surface area contributed by atoms with Crippen LogP contribution < -0.4 is 0 Å². The average molecular weight is 344 g/mol. The highest BCUT2D eigenvalue weighted by Crippen LogP contribution is 2.15. The molecule has 2 aliphatic rings. The average Bonchev–Trinajstić information content (AvgIpc) is 2.47. The molecule has 0 unspecified atom stereocenters. The molecule has 2 fully saturated rings. The Labute approximate surface area is 147 Å². The number of aliphatic hydroxyl groups excluding tert-OH is 2. The SMILES string of the molecule is CC[C@@H]1CN(C[C@H](O)CN2C[C@@H](C)O[C@@H](C)C2)CCN1C[C@@H](C)O. The normalized spacial score (nSPS) is 33.5. The van der Waals surface area contributed by atoms with Gasteiger partial charge < -0.3 is 14.9 Å². The first-order valence-corrected chi connectivity index (χ1v) is 9.57. The minimum atomic E-state index is -0.316. The van der Waals surface area contributed by atoms with Crippen molar-refractivity contribution in [3.8, 4) is 0 Å². The van der Waals surface area contributed by atoms with Crippen LogP contribution in [0.15, 0.2) is 0 Å². The topological polar surface area (TPSA) is 59.4 Å². The maximum Gasteiger partial charge on any atom is 0.0793 e. The molecular weight excluding hydrogens is 306 g/mol. The molecule has 2 N–H and O–H groups in total. The minimum Gasteiger partial charge on any atom is -0.392 e. The predicted octanol–water partition coefficient (Wildman–Crippen LogP) is 0.234. The van der Waals surface area contributed by atoms with E-state index in [0.29, 0.717) is 6.04 Å². The second kappa shape index (κ2) is 9.46. The molecule has 0 radical (unpaired) electrons. The van der Waals surface area contributed by atoms with E-state index < -0.39 is 0 Å². The molecule has 5 atom stereocenters. The summed E-state index contributed by atoms with van der Waals surface area (Å²) in [6.07, 6.45) is 0.978. The molecule has 2 saturated heterocycles. The number of piperazine rings is 1. The molecular formula is C18H37N3O3. The monoisotopic (exact) mass is 343 g/mol. The van der Waals surface area contributed by atoms with E-state index >= 15 is 0 Å². The van der Waals surface area contributed by atoms with Gasteiger partial charge in [0.25, 0.3) is 0 Å². The predicted molar refractivity (Wildman–Crippen MR) is 96.2 cm³/mol. The Morgan fingerprint density at radius 3 is 2.17 bits per heavy atom. The molecule has 0 spiro atoms. The van der Waals surface area contributed by atoms with Crippen LogP contribution in [0, 0.1) is 0 Å². The molecule has 6 nitrogen and oxygen atoms in total. The lowest BCUT2D eigenvalue weighted by Crippen LogP contribution is -2.56. The van der Waals surface area contributed by atoms with Gasteiger partial charge in [0.05, 0.1) is 24.4 Å². The first kappa shape index (κ1) is 20.1. The Bertz CT molecular complexity index is 359. The summed E-state index contributed by atoms with van der Waals surface area (Å²) in [4.78, 5) is 7.09. The van der Waals surface area contributed by atoms with Gasteiger partial charge in [-0.3, -0.25) is 14.7 Å². The van der Waals surface area contributed by atoms with Gasteiger partial charge in [0.2, 0.25) is 0 Å². The molecule has 0 saturated carbocycles. The highest BCUT2D eigenvalue weighted by atomic mass is 16.5. The lowest BCUT2D eigenvalue weighted by molar-refractivity contribution is -0.0792. The first-order chi connectivity index (χ1) is 11.4. The number of morpholine rings is 1. The number of rotatable bonds is 7. The fourth-order valence-electron chi connectivity index (χ4n) is 4.18. The van der Waals surface area contributed by atoms with Crippen LogP contribution >= 0.6 is 0 Å². The van der Waals surface area contributed by atoms with Crippen molar-refractivity contribution < 1.29 is 14.9 Å². The molecule has 2 aliphatic heterocycles. The molecule has 0 amide bonds. The van der Waals surface area contributed by atoms with Gasteiger partial charge >= 0.3 is 0 Å². The fraction of sp³-hybridized carbons (Fsp3) is 1.00. The summed E-state index contributed by atoms with van der Waals surface area (Å²) in [5.41, 5.74) is 0. The van der Waals surface area contributed by atoms with Gasteiger partial charge in [-0.05, 0) is 27.2 Å². The second-order valence-corrected chi connectivity index (χ2v) is 7.80. The van der Waals surface area contributed by atoms with Crippen molar-refractivity contribution in [1.82, 2.24) is 14.7 Å². The van der Waals surface area contributed by atoms with E-state index in [-0.39, 0.29) is 24.4 Å². The lowest BCUT2D eigenvalue weighted by Gasteiger charge is -2.43. The van der Waals surface area contributed by atoms with E-state index in [1.807, 2.05) is 6.92 Å². The number of β-amino-alcohol motifs (C(OH)–C–C–N with tert-alkyl or cyclic N) is 2. The molecule has 0 aliphatic carbocycles. The van der Waals surface area contributed by atoms with Gasteiger partial charge in [-0.15, -0.1) is 0 Å². The summed E-state index contributed by atoms with van der Waals surface area (Å²) in [5.74, 6) is 0. The summed E-state index contributed by atoms with van der Waals surface area (Å²) in [5, 5.41) is 20.2. The van der Waals surface area contributed by atoms with Crippen LogP contribution in [0.4, 0.5) is 0 Å². The van der Waals surface area contributed by atoms with Crippen LogP contribution in [0.1, 0.15) is 34.1 Å². The summed E-state index contributed by atoms with van der Waals surface area (Å²) < 4.78 is 5.76. The second-order valence-electron chi connectivity index (χ2n) is 7.80. The Hall–Kier alpha value is -0.240. The number of nitrogens with zero attached hydrogens (tertiary/aromatic N) is 3. The fourth-order valence-corrected chi connectivity index (χ4v) is 4.18. The molecule has 0 aromatic rings. The summed E-state index contributed by atoms with van der Waals surface area (Å²) in [6.45, 7) is 15.2. The third-order valence-electron chi connectivity index (χ3n) is 5.09. The van der Waals surface area contributed by atoms with E-state index in [1.54, 1.807) is 0 Å². The van der Waals surface area contributed by atoms with Crippen molar-refractivity contribution >= 4 is 0 Å². The third kappa shape index (κ3) is 6.24. The van der Waals surface area contributed by atoms with Gasteiger partial charge in [0.1, 0.15) is 0 Å². The molecule has 2 rings (SSSR count). The molecule has 2 heterocycles.